The predicted octanol–water partition coefficient (Wildman–Crippen LogP) is 1.29. The van der Waals surface area contributed by atoms with Crippen LogP contribution in [0, 0.1) is 5.41 Å². The second kappa shape index (κ2) is 4.71. The van der Waals surface area contributed by atoms with E-state index in [1.54, 1.807) is 12.3 Å². The summed E-state index contributed by atoms with van der Waals surface area (Å²) in [5.41, 5.74) is 3.93. The molecule has 0 aliphatic heterocycles. The average molecular weight is 234 g/mol. The topological polar surface area (TPSA) is 80.0 Å². The van der Waals surface area contributed by atoms with E-state index in [1.165, 1.54) is 19.0 Å². The van der Waals surface area contributed by atoms with Gasteiger partial charge >= 0.3 is 0 Å². The van der Waals surface area contributed by atoms with Crippen LogP contribution < -0.4 is 16.6 Å². The molecule has 5 heteroatoms. The van der Waals surface area contributed by atoms with E-state index in [0.29, 0.717) is 16.7 Å². The van der Waals surface area contributed by atoms with Crippen molar-refractivity contribution in [2.24, 2.45) is 11.3 Å². The van der Waals surface area contributed by atoms with Gasteiger partial charge in [0.1, 0.15) is 0 Å². The molecular formula is C12H18N4O. The van der Waals surface area contributed by atoms with Crippen LogP contribution in [0.25, 0.3) is 0 Å². The quantitative estimate of drug-likeness (QED) is 0.529. The zero-order chi connectivity index (χ0) is 12.3. The number of hydrogen-bond acceptors (Lipinski definition) is 4. The molecule has 0 saturated heterocycles. The smallest absolute Gasteiger partial charge is 0.255 e. The fourth-order valence-electron chi connectivity index (χ4n) is 1.90. The minimum Gasteiger partial charge on any atom is -0.351 e. The summed E-state index contributed by atoms with van der Waals surface area (Å²) in [6.07, 6.45) is 6.65. The number of carbonyl (C=O) groups excluding carboxylic acids is 1. The Morgan fingerprint density at radius 2 is 2.35 bits per heavy atom. The minimum atomic E-state index is -0.120. The highest BCUT2D eigenvalue weighted by molar-refractivity contribution is 5.99. The lowest BCUT2D eigenvalue weighted by molar-refractivity contribution is 0.0945. The van der Waals surface area contributed by atoms with E-state index in [1.807, 2.05) is 0 Å². The van der Waals surface area contributed by atoms with E-state index in [9.17, 15) is 4.79 Å². The Bertz CT molecular complexity index is 415. The van der Waals surface area contributed by atoms with Crippen molar-refractivity contribution in [1.29, 1.82) is 0 Å². The first-order valence-corrected chi connectivity index (χ1v) is 5.89. The molecule has 92 valence electrons. The number of carbonyl (C=O) groups is 1. The summed E-state index contributed by atoms with van der Waals surface area (Å²) in [4.78, 5) is 15.9. The van der Waals surface area contributed by atoms with Crippen molar-refractivity contribution < 1.29 is 4.79 Å². The van der Waals surface area contributed by atoms with Crippen molar-refractivity contribution in [3.8, 4) is 0 Å². The SMILES string of the molecule is CCC1(CNC(=O)c2cnccc2NN)CC1. The third kappa shape index (κ3) is 2.55. The summed E-state index contributed by atoms with van der Waals surface area (Å²) < 4.78 is 0. The molecule has 1 amide bonds. The number of nitrogens with two attached hydrogens (primary N) is 1. The number of hydrogen-bond donors (Lipinski definition) is 3. The van der Waals surface area contributed by atoms with Crippen LogP contribution >= 0.6 is 0 Å². The molecule has 0 bridgehead atoms. The van der Waals surface area contributed by atoms with Crippen LogP contribution in [0.1, 0.15) is 36.5 Å². The fraction of sp³-hybridized carbons (Fsp3) is 0.500. The number of pyridine rings is 1. The molecule has 0 unspecified atom stereocenters. The van der Waals surface area contributed by atoms with Gasteiger partial charge in [0.15, 0.2) is 0 Å². The largest absolute Gasteiger partial charge is 0.351 e. The van der Waals surface area contributed by atoms with Gasteiger partial charge in [0.2, 0.25) is 0 Å². The van der Waals surface area contributed by atoms with Crippen LogP contribution in [0.15, 0.2) is 18.5 Å². The van der Waals surface area contributed by atoms with Crippen molar-refractivity contribution in [1.82, 2.24) is 10.3 Å². The molecule has 1 heterocycles. The number of nitrogen functional groups attached to an aromatic ring is 1. The van der Waals surface area contributed by atoms with Crippen molar-refractivity contribution in [2.45, 2.75) is 26.2 Å². The number of amides is 1. The van der Waals surface area contributed by atoms with Crippen molar-refractivity contribution in [2.75, 3.05) is 12.0 Å². The van der Waals surface area contributed by atoms with E-state index in [-0.39, 0.29) is 5.91 Å². The highest BCUT2D eigenvalue weighted by Crippen LogP contribution is 2.47. The summed E-state index contributed by atoms with van der Waals surface area (Å²) in [5.74, 6) is 5.23. The van der Waals surface area contributed by atoms with Gasteiger partial charge in [-0.05, 0) is 30.7 Å². The maximum absolute atomic E-state index is 12.0. The zero-order valence-corrected chi connectivity index (χ0v) is 9.99. The summed E-state index contributed by atoms with van der Waals surface area (Å²) >= 11 is 0. The van der Waals surface area contributed by atoms with Gasteiger partial charge in [-0.2, -0.15) is 0 Å². The first kappa shape index (κ1) is 11.9. The molecule has 2 rings (SSSR count). The maximum atomic E-state index is 12.0. The highest BCUT2D eigenvalue weighted by atomic mass is 16.1. The van der Waals surface area contributed by atoms with E-state index < -0.39 is 0 Å². The molecular weight excluding hydrogens is 216 g/mol. The van der Waals surface area contributed by atoms with Gasteiger partial charge in [-0.25, -0.2) is 0 Å². The highest BCUT2D eigenvalue weighted by Gasteiger charge is 2.40. The van der Waals surface area contributed by atoms with E-state index in [0.717, 1.165) is 13.0 Å². The molecule has 1 aliphatic carbocycles. The molecule has 1 fully saturated rings. The van der Waals surface area contributed by atoms with Crippen molar-refractivity contribution in [3.63, 3.8) is 0 Å². The second-order valence-electron chi connectivity index (χ2n) is 4.60. The van der Waals surface area contributed by atoms with Crippen LogP contribution in [0.2, 0.25) is 0 Å². The normalized spacial score (nSPS) is 16.4. The number of nitrogens with zero attached hydrogens (tertiary/aromatic N) is 1. The van der Waals surface area contributed by atoms with Crippen LogP contribution in [0.5, 0.6) is 0 Å². The average Bonchev–Trinajstić information content (AvgIpc) is 3.16. The Kier molecular flexibility index (Phi) is 3.28. The van der Waals surface area contributed by atoms with E-state index in [4.69, 9.17) is 5.84 Å². The van der Waals surface area contributed by atoms with Gasteiger partial charge in [-0.3, -0.25) is 15.6 Å². The maximum Gasteiger partial charge on any atom is 0.255 e. The first-order valence-electron chi connectivity index (χ1n) is 5.89. The molecule has 1 aliphatic rings. The van der Waals surface area contributed by atoms with Gasteiger partial charge in [-0.1, -0.05) is 6.92 Å². The standard InChI is InChI=1S/C12H18N4O/c1-2-12(4-5-12)8-15-11(17)9-7-14-6-3-10(9)16-13/h3,6-7H,2,4-5,8,13H2,1H3,(H,14,16)(H,15,17). The van der Waals surface area contributed by atoms with Crippen LogP contribution in [0.3, 0.4) is 0 Å². The number of hydrazine groups is 1. The number of anilines is 1. The number of nitrogens with one attached hydrogen (secondary N) is 2. The van der Waals surface area contributed by atoms with Gasteiger partial charge in [0.25, 0.3) is 5.91 Å². The van der Waals surface area contributed by atoms with E-state index in [2.05, 4.69) is 22.7 Å². The monoisotopic (exact) mass is 234 g/mol. The minimum absolute atomic E-state index is 0.120. The van der Waals surface area contributed by atoms with Crippen LogP contribution in [0.4, 0.5) is 5.69 Å². The third-order valence-electron chi connectivity index (χ3n) is 3.55. The van der Waals surface area contributed by atoms with Crippen LogP contribution in [-0.4, -0.2) is 17.4 Å². The van der Waals surface area contributed by atoms with Gasteiger partial charge in [-0.15, -0.1) is 0 Å². The molecule has 0 atom stereocenters. The lowest BCUT2D eigenvalue weighted by Gasteiger charge is -2.14. The van der Waals surface area contributed by atoms with Gasteiger partial charge < -0.3 is 10.7 Å². The molecule has 5 nitrogen and oxygen atoms in total. The molecule has 1 aromatic heterocycles. The van der Waals surface area contributed by atoms with Crippen LogP contribution in [-0.2, 0) is 0 Å². The van der Waals surface area contributed by atoms with Gasteiger partial charge in [0.05, 0.1) is 11.3 Å². The van der Waals surface area contributed by atoms with Gasteiger partial charge in [0, 0.05) is 18.9 Å². The summed E-state index contributed by atoms with van der Waals surface area (Å²) in [7, 11) is 0. The molecule has 1 saturated carbocycles. The fourth-order valence-corrected chi connectivity index (χ4v) is 1.90. The summed E-state index contributed by atoms with van der Waals surface area (Å²) in [5, 5.41) is 2.95. The Balaban J connectivity index is 1.99. The Morgan fingerprint density at radius 3 is 2.94 bits per heavy atom. The predicted molar refractivity (Wildman–Crippen MR) is 66.3 cm³/mol. The summed E-state index contributed by atoms with van der Waals surface area (Å²) in [6, 6.07) is 1.68. The lowest BCUT2D eigenvalue weighted by atomic mass is 10.0. The third-order valence-corrected chi connectivity index (χ3v) is 3.55. The molecule has 17 heavy (non-hydrogen) atoms. The first-order chi connectivity index (χ1) is 8.21. The second-order valence-corrected chi connectivity index (χ2v) is 4.60. The van der Waals surface area contributed by atoms with E-state index >= 15 is 0 Å². The molecule has 0 radical (unpaired) electrons. The zero-order valence-electron chi connectivity index (χ0n) is 9.99. The molecule has 0 aromatic carbocycles. The molecule has 0 spiro atoms. The number of aromatic nitrogens is 1. The Labute approximate surface area is 101 Å². The molecule has 4 N–H and O–H groups in total. The Hall–Kier alpha value is -1.62. The lowest BCUT2D eigenvalue weighted by Crippen LogP contribution is -2.31. The number of rotatable bonds is 5. The van der Waals surface area contributed by atoms with Crippen molar-refractivity contribution in [3.05, 3.63) is 24.0 Å². The molecule has 1 aromatic rings. The summed E-state index contributed by atoms with van der Waals surface area (Å²) in [6.45, 7) is 2.90. The Morgan fingerprint density at radius 1 is 1.59 bits per heavy atom. The van der Waals surface area contributed by atoms with Crippen molar-refractivity contribution >= 4 is 11.6 Å².